The maximum Gasteiger partial charge on any atom is 1.00 e. The Morgan fingerprint density at radius 3 is 1.39 bits per heavy atom. The zero-order valence-corrected chi connectivity index (χ0v) is 73.7. The van der Waals surface area contributed by atoms with Crippen molar-refractivity contribution in [3.8, 4) is 0 Å². The van der Waals surface area contributed by atoms with Gasteiger partial charge in [0.05, 0.1) is 71.1 Å². The first-order valence-corrected chi connectivity index (χ1v) is 39.0. The Kier molecular flexibility index (Phi) is 54.6. The number of ketones is 2. The number of aliphatic hydroxyl groups excluding tert-OH is 5. The van der Waals surface area contributed by atoms with Gasteiger partial charge in [-0.2, -0.15) is 8.42 Å². The number of ether oxygens (including phenoxy) is 4. The molecule has 1 atom stereocenters. The van der Waals surface area contributed by atoms with Crippen molar-refractivity contribution >= 4 is 88.3 Å². The summed E-state index contributed by atoms with van der Waals surface area (Å²) in [4.78, 5) is 103. The van der Waals surface area contributed by atoms with Crippen molar-refractivity contribution in [3.63, 3.8) is 0 Å². The van der Waals surface area contributed by atoms with Gasteiger partial charge in [-0.1, -0.05) is 30.3 Å². The summed E-state index contributed by atoms with van der Waals surface area (Å²) >= 11 is 3.33. The zero-order chi connectivity index (χ0) is 89.3. The van der Waals surface area contributed by atoms with Crippen molar-refractivity contribution < 1.29 is 187 Å². The normalized spacial score (nSPS) is 12.5. The molecule has 2 amide bonds. The molecule has 661 valence electrons. The summed E-state index contributed by atoms with van der Waals surface area (Å²) < 4.78 is 91.9. The molecule has 36 nitrogen and oxygen atoms in total. The Bertz CT molecular complexity index is 4390. The van der Waals surface area contributed by atoms with Crippen molar-refractivity contribution in [1.82, 2.24) is 14.7 Å². The van der Waals surface area contributed by atoms with E-state index in [9.17, 15) is 43.2 Å². The first-order chi connectivity index (χ1) is 56.2. The van der Waals surface area contributed by atoms with Crippen LogP contribution in [0.2, 0.25) is 0 Å². The molecule has 12 rings (SSSR count). The van der Waals surface area contributed by atoms with Crippen LogP contribution in [0.25, 0.3) is 0 Å². The molecule has 0 spiro atoms. The molecule has 0 saturated carbocycles. The number of methoxy groups -OCH3 is 2. The van der Waals surface area contributed by atoms with Gasteiger partial charge < -0.3 is 106 Å². The third-order valence-corrected chi connectivity index (χ3v) is 15.7. The molecule has 0 bridgehead atoms. The summed E-state index contributed by atoms with van der Waals surface area (Å²) in [6.07, 6.45) is 14.5. The summed E-state index contributed by atoms with van der Waals surface area (Å²) in [6.45, 7) is 21.3. The molecule has 121 heavy (non-hydrogen) atoms. The number of rotatable bonds is 16. The Hall–Kier alpha value is -10.1. The summed E-state index contributed by atoms with van der Waals surface area (Å²) in [5.74, 6) is -2.81. The summed E-state index contributed by atoms with van der Waals surface area (Å²) in [6, 6.07) is 28.8. The van der Waals surface area contributed by atoms with Gasteiger partial charge in [-0.15, -0.1) is 0 Å². The van der Waals surface area contributed by atoms with Crippen molar-refractivity contribution in [1.29, 1.82) is 0 Å². The number of aliphatic carboxylic acids is 3. The standard InChI is InChI=1S/C15H17NO.C13H18BrNO3.C13H19NO3.C8H8O5.C8H12O3.C7H8O4.C7H6O4.C6H4O4.2C2H6O.B.Na.H2O4S.H/c1-2-4-13(5-3-1)12-16-9-6-14-8-11-17-15(14)7-10-16;1-13(2,3)18-12(16)15-6-4-9-8-11(14)17-10(9)5-7-15;1-13(2,3)17-12(15)14-7-4-10-6-9-16-11(10)5-8-14;9-7(10)3-5-1-2-13-6(5)4-8(11)12;9-4-1-7-3-6-11-8(7)2-5-10;2*1-10-7(9)6(8)5-3-2-4-11-5;7-5(6(8)9)4-2-1-3-10-4;2*1-2-3;;;1-5(2,3)4;/h1-5,8,11H,6-7,9-10,12H2;8H,4-7H2,1-3H3;6,9H,4-5,7-8H2,1-3H3;1-2H,3-4H2,(H,9,10)(H,11,12);3,6,9-10H,1-2,4-5H2;2-4,6,8H,1H3;2-4H,1H3;1-3H,(H,8,9);2*3H,2H2,1H3;;;(H2,1,2,3,4);/q;;;;;;;;;;;+1;;-1. The minimum absolute atomic E-state index is 0. The number of carboxylic acid groups (broad SMARTS) is 3. The number of nitrogens with zero attached hydrogens (tertiary/aromatic N) is 3. The second kappa shape index (κ2) is 59.6. The molecule has 3 aliphatic rings. The second-order valence-corrected chi connectivity index (χ2v) is 28.4. The number of carbonyl (C=O) groups is 9. The molecule has 11 heterocycles. The van der Waals surface area contributed by atoms with Crippen LogP contribution in [0.3, 0.4) is 0 Å². The van der Waals surface area contributed by atoms with E-state index in [0.717, 1.165) is 92.8 Å². The predicted octanol–water partition coefficient (Wildman–Crippen LogP) is 7.50. The van der Waals surface area contributed by atoms with Crippen LogP contribution >= 0.6 is 15.9 Å². The Labute approximate surface area is 733 Å². The molecule has 9 aromatic rings. The molecular weight excluding hydrogens is 1690 g/mol. The number of furan rings is 8. The van der Waals surface area contributed by atoms with E-state index in [1.807, 2.05) is 66.0 Å². The SMILES string of the molecule is CC(C)(C)OC(=O)N1CCc2cc(Br)oc2CC1.CC(C)(C)OC(=O)N1CCc2ccoc2CC1.CCO.CCO.COC(=O)C(=O)c1ccco1.COC(=O)C(O)c1ccco1.O=C(O)C(=O)c1ccco1.O=C(O)Cc1ccoc1CC(=O)O.O=S(=O)(O)O.OCCc1ccoc1CCO.[B].[H-].[Na+].c1ccc(CN2CCc3ccoc3CC2)cc1. The zero-order valence-electron chi connectivity index (χ0n) is 70.3. The van der Waals surface area contributed by atoms with Crippen LogP contribution in [-0.4, -0.2) is 226 Å². The summed E-state index contributed by atoms with van der Waals surface area (Å²) in [5.41, 5.74) is 5.68. The number of aliphatic hydroxyl groups is 5. The minimum Gasteiger partial charge on any atom is -1.00 e. The smallest absolute Gasteiger partial charge is 1.00 e. The first kappa shape index (κ1) is 111. The average Bonchev–Trinajstić information content (AvgIpc) is 1.69. The predicted molar refractivity (Wildman–Crippen MR) is 433 cm³/mol. The number of Topliss-reactive ketones (excluding diaryl/α,β-unsaturated/α-hetero) is 2. The molecule has 3 radical (unpaired) electrons. The maximum absolute atomic E-state index is 12.0. The van der Waals surface area contributed by atoms with Gasteiger partial charge in [0.25, 0.3) is 0 Å². The van der Waals surface area contributed by atoms with Crippen LogP contribution in [0.1, 0.15) is 152 Å². The number of hydrogen-bond donors (Lipinski definition) is 10. The third kappa shape index (κ3) is 47.0. The molecule has 8 aromatic heterocycles. The van der Waals surface area contributed by atoms with Gasteiger partial charge in [-0.05, 0) is 192 Å². The van der Waals surface area contributed by atoms with Crippen LogP contribution in [0.5, 0.6) is 0 Å². The fraction of sp³-hybridized carbons (Fsp3) is 0.420. The van der Waals surface area contributed by atoms with Crippen LogP contribution in [0, 0.1) is 0 Å². The van der Waals surface area contributed by atoms with E-state index in [-0.39, 0.29) is 114 Å². The van der Waals surface area contributed by atoms with E-state index in [4.69, 9.17) is 94.4 Å². The molecule has 10 N–H and O–H groups in total. The van der Waals surface area contributed by atoms with Crippen LogP contribution in [-0.2, 0) is 124 Å². The van der Waals surface area contributed by atoms with Gasteiger partial charge in [0, 0.05) is 105 Å². The number of esters is 2. The fourth-order valence-corrected chi connectivity index (χ4v) is 10.6. The number of benzene rings is 1. The summed E-state index contributed by atoms with van der Waals surface area (Å²) in [5, 5.41) is 66.5. The van der Waals surface area contributed by atoms with Crippen molar-refractivity contribution in [2.75, 3.05) is 79.9 Å². The van der Waals surface area contributed by atoms with E-state index in [1.165, 1.54) is 96.6 Å². The van der Waals surface area contributed by atoms with Gasteiger partial charge in [0.1, 0.15) is 52.2 Å². The minimum atomic E-state index is -4.67. The number of fused-ring (bicyclic) bond motifs is 3. The Balaban J connectivity index is 0. The monoisotopic (exact) mass is 1790 g/mol. The van der Waals surface area contributed by atoms with Crippen LogP contribution < -0.4 is 29.6 Å². The molecule has 0 fully saturated rings. The van der Waals surface area contributed by atoms with Crippen LogP contribution in [0.15, 0.2) is 181 Å². The van der Waals surface area contributed by atoms with Gasteiger partial charge in [0.2, 0.25) is 6.10 Å². The molecular formula is C81H107BBrN3NaO33S. The number of carboxylic acids is 3. The van der Waals surface area contributed by atoms with E-state index < -0.39 is 69.1 Å². The molecule has 0 saturated heterocycles. The van der Waals surface area contributed by atoms with Gasteiger partial charge in [-0.3, -0.25) is 33.2 Å². The number of amides is 2. The van der Waals surface area contributed by atoms with Crippen LogP contribution in [0.4, 0.5) is 9.59 Å². The van der Waals surface area contributed by atoms with Crippen molar-refractivity contribution in [2.24, 2.45) is 0 Å². The summed E-state index contributed by atoms with van der Waals surface area (Å²) in [7, 11) is -2.32. The average molecular weight is 1800 g/mol. The van der Waals surface area contributed by atoms with E-state index >= 15 is 0 Å². The van der Waals surface area contributed by atoms with Gasteiger partial charge in [0.15, 0.2) is 16.2 Å². The fourth-order valence-electron chi connectivity index (χ4n) is 10.1. The van der Waals surface area contributed by atoms with E-state index in [1.54, 1.807) is 42.2 Å². The Morgan fingerprint density at radius 1 is 0.512 bits per heavy atom. The van der Waals surface area contributed by atoms with Crippen molar-refractivity contribution in [2.45, 2.75) is 143 Å². The second-order valence-electron chi connectivity index (χ2n) is 26.7. The van der Waals surface area contributed by atoms with Gasteiger partial charge >= 0.3 is 93.6 Å². The maximum atomic E-state index is 12.0. The number of hydrogen-bond acceptors (Lipinski definition) is 29. The molecule has 40 heteroatoms. The molecule has 1 aromatic carbocycles. The molecule has 1 unspecified atom stereocenters. The van der Waals surface area contributed by atoms with Crippen molar-refractivity contribution in [3.05, 3.63) is 225 Å². The van der Waals surface area contributed by atoms with E-state index in [2.05, 4.69) is 75.5 Å². The quantitative estimate of drug-likeness (QED) is 0.0112. The molecule has 0 aliphatic carbocycles. The Morgan fingerprint density at radius 2 is 0.942 bits per heavy atom. The van der Waals surface area contributed by atoms with E-state index in [0.29, 0.717) is 44.6 Å². The first-order valence-electron chi connectivity index (χ1n) is 36.8. The third-order valence-electron chi connectivity index (χ3n) is 15.3. The number of halogens is 1. The van der Waals surface area contributed by atoms with Gasteiger partial charge in [-0.25, -0.2) is 24.0 Å². The number of carbonyl (C=O) groups excluding carboxylic acids is 6. The largest absolute Gasteiger partial charge is 1.00 e. The molecule has 3 aliphatic heterocycles. The topological polar surface area (TPSA) is 542 Å².